The Morgan fingerprint density at radius 3 is 2.52 bits per heavy atom. The molecule has 4 heteroatoms. The predicted octanol–water partition coefficient (Wildman–Crippen LogP) is 4.79. The van der Waals surface area contributed by atoms with E-state index in [1.165, 1.54) is 6.08 Å². The van der Waals surface area contributed by atoms with E-state index in [9.17, 15) is 4.79 Å². The zero-order valence-electron chi connectivity index (χ0n) is 14.6. The Kier molecular flexibility index (Phi) is 6.00. The minimum atomic E-state index is -0.255. The number of hydrogen-bond donors (Lipinski definition) is 1. The minimum absolute atomic E-state index is 0.255. The molecule has 0 aromatic heterocycles. The highest BCUT2D eigenvalue weighted by Crippen LogP contribution is 2.15. The average Bonchev–Trinajstić information content (AvgIpc) is 2.72. The summed E-state index contributed by atoms with van der Waals surface area (Å²) in [6.07, 6.45) is 3.18. The number of nitrogens with one attached hydrogen (secondary N) is 1. The van der Waals surface area contributed by atoms with Gasteiger partial charge in [0.15, 0.2) is 0 Å². The van der Waals surface area contributed by atoms with Gasteiger partial charge in [0, 0.05) is 11.8 Å². The van der Waals surface area contributed by atoms with E-state index in [1.807, 2.05) is 60.7 Å². The lowest BCUT2D eigenvalue weighted by molar-refractivity contribution is -0.111. The van der Waals surface area contributed by atoms with Gasteiger partial charge in [0.25, 0.3) is 0 Å². The zero-order chi connectivity index (χ0) is 18.9. The largest absolute Gasteiger partial charge is 0.489 e. The number of carbonyl (C=O) groups excluding carboxylic acids is 1. The van der Waals surface area contributed by atoms with E-state index in [-0.39, 0.29) is 5.91 Å². The summed E-state index contributed by atoms with van der Waals surface area (Å²) in [6, 6.07) is 26.3. The van der Waals surface area contributed by atoms with Gasteiger partial charge < -0.3 is 10.1 Å². The lowest BCUT2D eigenvalue weighted by atomic mass is 10.2. The lowest BCUT2D eigenvalue weighted by Gasteiger charge is -2.06. The van der Waals surface area contributed by atoms with Crippen LogP contribution in [0.25, 0.3) is 6.08 Å². The second-order valence-corrected chi connectivity index (χ2v) is 5.86. The Morgan fingerprint density at radius 2 is 1.78 bits per heavy atom. The first-order valence-corrected chi connectivity index (χ1v) is 8.49. The number of nitrogens with zero attached hydrogens (tertiary/aromatic N) is 1. The average molecular weight is 354 g/mol. The van der Waals surface area contributed by atoms with Crippen molar-refractivity contribution in [3.05, 3.63) is 102 Å². The second kappa shape index (κ2) is 9.02. The van der Waals surface area contributed by atoms with Crippen molar-refractivity contribution in [3.8, 4) is 11.8 Å². The molecule has 0 aliphatic carbocycles. The molecule has 0 fully saturated rings. The molecule has 27 heavy (non-hydrogen) atoms. The highest BCUT2D eigenvalue weighted by molar-refractivity contribution is 6.02. The molecule has 0 spiro atoms. The Labute approximate surface area is 158 Å². The molecular formula is C23H18N2O2. The summed E-state index contributed by atoms with van der Waals surface area (Å²) in [7, 11) is 0. The molecule has 0 radical (unpaired) electrons. The van der Waals surface area contributed by atoms with Gasteiger partial charge in [0.2, 0.25) is 5.91 Å². The predicted molar refractivity (Wildman–Crippen MR) is 106 cm³/mol. The van der Waals surface area contributed by atoms with Gasteiger partial charge in [0.1, 0.15) is 12.4 Å². The first kappa shape index (κ1) is 18.0. The molecule has 0 unspecified atom stereocenters. The van der Waals surface area contributed by atoms with E-state index in [1.54, 1.807) is 30.3 Å². The van der Waals surface area contributed by atoms with Gasteiger partial charge in [-0.05, 0) is 47.5 Å². The lowest BCUT2D eigenvalue weighted by Crippen LogP contribution is -2.07. The second-order valence-electron chi connectivity index (χ2n) is 5.86. The van der Waals surface area contributed by atoms with Crippen LogP contribution in [0.15, 0.2) is 84.9 Å². The first-order chi connectivity index (χ1) is 13.2. The van der Waals surface area contributed by atoms with Crippen molar-refractivity contribution < 1.29 is 9.53 Å². The SMILES string of the molecule is N#Cc1cccc(NC(=O)/C=C/c2ccc(OCc3ccccc3)cc2)c1. The van der Waals surface area contributed by atoms with E-state index in [0.29, 0.717) is 17.9 Å². The number of ether oxygens (including phenoxy) is 1. The first-order valence-electron chi connectivity index (χ1n) is 8.49. The van der Waals surface area contributed by atoms with Gasteiger partial charge in [0.05, 0.1) is 11.6 Å². The van der Waals surface area contributed by atoms with E-state index in [0.717, 1.165) is 16.9 Å². The summed E-state index contributed by atoms with van der Waals surface area (Å²) >= 11 is 0. The van der Waals surface area contributed by atoms with Crippen LogP contribution in [-0.4, -0.2) is 5.91 Å². The monoisotopic (exact) mass is 354 g/mol. The number of benzene rings is 3. The van der Waals surface area contributed by atoms with Gasteiger partial charge >= 0.3 is 0 Å². The van der Waals surface area contributed by atoms with Crippen LogP contribution < -0.4 is 10.1 Å². The number of hydrogen-bond acceptors (Lipinski definition) is 3. The maximum atomic E-state index is 12.0. The fourth-order valence-electron chi connectivity index (χ4n) is 2.44. The number of amides is 1. The molecule has 3 aromatic carbocycles. The van der Waals surface area contributed by atoms with Crippen molar-refractivity contribution in [2.75, 3.05) is 5.32 Å². The fraction of sp³-hybridized carbons (Fsp3) is 0.0435. The van der Waals surface area contributed by atoms with Gasteiger partial charge in [-0.1, -0.05) is 48.5 Å². The molecule has 1 N–H and O–H groups in total. The normalized spacial score (nSPS) is 10.3. The molecule has 4 nitrogen and oxygen atoms in total. The van der Waals surface area contributed by atoms with E-state index >= 15 is 0 Å². The fourth-order valence-corrected chi connectivity index (χ4v) is 2.44. The molecule has 0 atom stereocenters. The molecule has 3 aromatic rings. The maximum Gasteiger partial charge on any atom is 0.248 e. The summed E-state index contributed by atoms with van der Waals surface area (Å²) in [5.74, 6) is 0.517. The molecule has 0 aliphatic heterocycles. The maximum absolute atomic E-state index is 12.0. The molecule has 0 saturated carbocycles. The van der Waals surface area contributed by atoms with Gasteiger partial charge in [-0.15, -0.1) is 0 Å². The topological polar surface area (TPSA) is 62.1 Å². The molecule has 0 aliphatic rings. The molecule has 0 heterocycles. The number of nitriles is 1. The Balaban J connectivity index is 1.54. The smallest absolute Gasteiger partial charge is 0.248 e. The van der Waals surface area contributed by atoms with E-state index < -0.39 is 0 Å². The van der Waals surface area contributed by atoms with Crippen molar-refractivity contribution in [3.63, 3.8) is 0 Å². The standard InChI is InChI=1S/C23H18N2O2/c24-16-20-7-4-8-21(15-20)25-23(26)14-11-18-9-12-22(13-10-18)27-17-19-5-2-1-3-6-19/h1-15H,17H2,(H,25,26)/b14-11+. The van der Waals surface area contributed by atoms with Crippen LogP contribution in [0.5, 0.6) is 5.75 Å². The van der Waals surface area contributed by atoms with Crippen LogP contribution in [0, 0.1) is 11.3 Å². The molecule has 132 valence electrons. The molecule has 3 rings (SSSR count). The summed E-state index contributed by atoms with van der Waals surface area (Å²) < 4.78 is 5.74. The Bertz CT molecular complexity index is 971. The van der Waals surface area contributed by atoms with Crippen LogP contribution in [0.4, 0.5) is 5.69 Å². The van der Waals surface area contributed by atoms with E-state index in [4.69, 9.17) is 10.00 Å². The zero-order valence-corrected chi connectivity index (χ0v) is 14.6. The van der Waals surface area contributed by atoms with Crippen LogP contribution in [0.2, 0.25) is 0 Å². The van der Waals surface area contributed by atoms with Crippen molar-refractivity contribution in [1.82, 2.24) is 0 Å². The number of anilines is 1. The van der Waals surface area contributed by atoms with Crippen molar-refractivity contribution in [2.24, 2.45) is 0 Å². The van der Waals surface area contributed by atoms with Crippen molar-refractivity contribution >= 4 is 17.7 Å². The molecule has 0 bridgehead atoms. The Morgan fingerprint density at radius 1 is 1.00 bits per heavy atom. The third-order valence-corrected chi connectivity index (χ3v) is 3.81. The molecular weight excluding hydrogens is 336 g/mol. The van der Waals surface area contributed by atoms with Crippen molar-refractivity contribution in [1.29, 1.82) is 5.26 Å². The molecule has 1 amide bonds. The third kappa shape index (κ3) is 5.58. The minimum Gasteiger partial charge on any atom is -0.489 e. The van der Waals surface area contributed by atoms with Crippen LogP contribution >= 0.6 is 0 Å². The van der Waals surface area contributed by atoms with Gasteiger partial charge in [-0.2, -0.15) is 5.26 Å². The van der Waals surface area contributed by atoms with Gasteiger partial charge in [-0.3, -0.25) is 4.79 Å². The summed E-state index contributed by atoms with van der Waals surface area (Å²) in [6.45, 7) is 0.514. The highest BCUT2D eigenvalue weighted by atomic mass is 16.5. The Hall–Kier alpha value is -3.84. The van der Waals surface area contributed by atoms with E-state index in [2.05, 4.69) is 5.32 Å². The quantitative estimate of drug-likeness (QED) is 0.648. The summed E-state index contributed by atoms with van der Waals surface area (Å²) in [4.78, 5) is 12.0. The van der Waals surface area contributed by atoms with Crippen molar-refractivity contribution in [2.45, 2.75) is 6.61 Å². The van der Waals surface area contributed by atoms with Gasteiger partial charge in [-0.25, -0.2) is 0 Å². The highest BCUT2D eigenvalue weighted by Gasteiger charge is 2.00. The third-order valence-electron chi connectivity index (χ3n) is 3.81. The molecule has 0 saturated heterocycles. The van der Waals surface area contributed by atoms with Crippen LogP contribution in [-0.2, 0) is 11.4 Å². The van der Waals surface area contributed by atoms with Crippen LogP contribution in [0.1, 0.15) is 16.7 Å². The summed E-state index contributed by atoms with van der Waals surface area (Å²) in [5, 5.41) is 11.6. The number of rotatable bonds is 6. The summed E-state index contributed by atoms with van der Waals surface area (Å²) in [5.41, 5.74) is 3.10. The number of carbonyl (C=O) groups is 1. The van der Waals surface area contributed by atoms with Crippen LogP contribution in [0.3, 0.4) is 0 Å².